The van der Waals surface area contributed by atoms with E-state index in [9.17, 15) is 14.9 Å². The molecule has 2 aromatic carbocycles. The molecule has 144 valence electrons. The first-order valence-corrected chi connectivity index (χ1v) is 9.58. The second-order valence-electron chi connectivity index (χ2n) is 5.46. The number of para-hydroxylation sites is 1. The van der Waals surface area contributed by atoms with Crippen LogP contribution < -0.4 is 14.8 Å². The zero-order chi connectivity index (χ0) is 20.1. The number of ether oxygens (including phenoxy) is 2. The molecule has 1 aliphatic rings. The van der Waals surface area contributed by atoms with E-state index >= 15 is 0 Å². The summed E-state index contributed by atoms with van der Waals surface area (Å²) in [6.45, 7) is 0.396. The Kier molecular flexibility index (Phi) is 6.50. The van der Waals surface area contributed by atoms with Crippen molar-refractivity contribution in [2.45, 2.75) is 0 Å². The maximum absolute atomic E-state index is 11.9. The van der Waals surface area contributed by atoms with Gasteiger partial charge in [-0.05, 0) is 24.3 Å². The maximum atomic E-state index is 11.9. The van der Waals surface area contributed by atoms with Crippen LogP contribution in [0.1, 0.15) is 5.56 Å². The van der Waals surface area contributed by atoms with E-state index in [0.29, 0.717) is 31.3 Å². The maximum Gasteiger partial charge on any atom is 0.270 e. The van der Waals surface area contributed by atoms with Crippen LogP contribution >= 0.6 is 35.6 Å². The molecule has 28 heavy (non-hydrogen) atoms. The van der Waals surface area contributed by atoms with Crippen LogP contribution in [0.2, 0.25) is 5.02 Å². The fraction of sp³-hybridized carbons (Fsp3) is 0.111. The number of nitrogens with one attached hydrogen (secondary N) is 1. The van der Waals surface area contributed by atoms with Crippen LogP contribution in [0.3, 0.4) is 0 Å². The lowest BCUT2D eigenvalue weighted by Gasteiger charge is -2.11. The summed E-state index contributed by atoms with van der Waals surface area (Å²) in [5.74, 6) is 0.563. The van der Waals surface area contributed by atoms with Gasteiger partial charge in [0.05, 0.1) is 14.9 Å². The third-order valence-corrected chi connectivity index (χ3v) is 5.04. The minimum absolute atomic E-state index is 0.113. The minimum atomic E-state index is -0.515. The number of nitro groups is 1. The summed E-state index contributed by atoms with van der Waals surface area (Å²) >= 11 is 12.1. The SMILES string of the molecule is O=C1NC(=S)SC1=Cc1cc([N+](=O)[O-])ccc1OCCOc1ccccc1Cl. The number of halogens is 1. The molecule has 0 bridgehead atoms. The van der Waals surface area contributed by atoms with Crippen molar-refractivity contribution in [3.05, 3.63) is 68.1 Å². The van der Waals surface area contributed by atoms with Crippen molar-refractivity contribution < 1.29 is 19.2 Å². The summed E-state index contributed by atoms with van der Waals surface area (Å²) < 4.78 is 11.6. The zero-order valence-corrected chi connectivity index (χ0v) is 16.6. The van der Waals surface area contributed by atoms with Gasteiger partial charge in [-0.3, -0.25) is 14.9 Å². The number of carbonyl (C=O) groups excluding carboxylic acids is 1. The lowest BCUT2D eigenvalue weighted by atomic mass is 10.1. The second kappa shape index (κ2) is 9.05. The quantitative estimate of drug-likeness (QED) is 0.229. The van der Waals surface area contributed by atoms with Crippen molar-refractivity contribution >= 4 is 57.6 Å². The third kappa shape index (κ3) is 5.00. The molecule has 1 heterocycles. The summed E-state index contributed by atoms with van der Waals surface area (Å²) in [6.07, 6.45) is 1.51. The van der Waals surface area contributed by atoms with Gasteiger partial charge < -0.3 is 14.8 Å². The Balaban J connectivity index is 1.74. The molecule has 1 fully saturated rings. The highest BCUT2D eigenvalue weighted by Crippen LogP contribution is 2.31. The molecular weight excluding hydrogens is 424 g/mol. The summed E-state index contributed by atoms with van der Waals surface area (Å²) in [7, 11) is 0. The molecule has 1 amide bonds. The van der Waals surface area contributed by atoms with Crippen LogP contribution in [-0.4, -0.2) is 28.4 Å². The van der Waals surface area contributed by atoms with Crippen molar-refractivity contribution in [3.63, 3.8) is 0 Å². The smallest absolute Gasteiger partial charge is 0.270 e. The van der Waals surface area contributed by atoms with Gasteiger partial charge in [-0.15, -0.1) is 0 Å². The highest BCUT2D eigenvalue weighted by molar-refractivity contribution is 8.26. The van der Waals surface area contributed by atoms with Crippen LogP contribution in [-0.2, 0) is 4.79 Å². The van der Waals surface area contributed by atoms with Gasteiger partial charge >= 0.3 is 0 Å². The average Bonchev–Trinajstić information content (AvgIpc) is 2.98. The van der Waals surface area contributed by atoms with E-state index in [1.165, 1.54) is 24.3 Å². The van der Waals surface area contributed by atoms with Crippen LogP contribution in [0.25, 0.3) is 6.08 Å². The summed E-state index contributed by atoms with van der Waals surface area (Å²) in [4.78, 5) is 22.8. The number of thioether (sulfide) groups is 1. The minimum Gasteiger partial charge on any atom is -0.489 e. The summed E-state index contributed by atoms with van der Waals surface area (Å²) in [6, 6.07) is 11.2. The predicted octanol–water partition coefficient (Wildman–Crippen LogP) is 4.19. The number of amides is 1. The van der Waals surface area contributed by atoms with Crippen LogP contribution in [0, 0.1) is 10.1 Å². The van der Waals surface area contributed by atoms with Gasteiger partial charge in [-0.25, -0.2) is 0 Å². The average molecular weight is 437 g/mol. The molecule has 0 atom stereocenters. The first kappa shape index (κ1) is 20.1. The van der Waals surface area contributed by atoms with E-state index < -0.39 is 4.92 Å². The first-order valence-electron chi connectivity index (χ1n) is 7.97. The first-order chi connectivity index (χ1) is 13.4. The van der Waals surface area contributed by atoms with Gasteiger partial charge in [-0.1, -0.05) is 47.7 Å². The molecule has 0 spiro atoms. The number of nitro benzene ring substituents is 1. The molecule has 0 unspecified atom stereocenters. The highest BCUT2D eigenvalue weighted by atomic mass is 35.5. The topological polar surface area (TPSA) is 90.7 Å². The highest BCUT2D eigenvalue weighted by Gasteiger charge is 2.23. The molecule has 7 nitrogen and oxygen atoms in total. The summed E-state index contributed by atoms with van der Waals surface area (Å²) in [5.41, 5.74) is 0.284. The van der Waals surface area contributed by atoms with Gasteiger partial charge in [-0.2, -0.15) is 0 Å². The Bertz CT molecular complexity index is 980. The molecule has 1 N–H and O–H groups in total. The Morgan fingerprint density at radius 3 is 2.54 bits per heavy atom. The lowest BCUT2D eigenvalue weighted by molar-refractivity contribution is -0.384. The van der Waals surface area contributed by atoms with Crippen molar-refractivity contribution in [3.8, 4) is 11.5 Å². The second-order valence-corrected chi connectivity index (χ2v) is 7.58. The van der Waals surface area contributed by atoms with E-state index in [4.69, 9.17) is 33.3 Å². The van der Waals surface area contributed by atoms with E-state index in [1.54, 1.807) is 24.3 Å². The van der Waals surface area contributed by atoms with Gasteiger partial charge in [0.1, 0.15) is 29.0 Å². The number of hydrogen-bond donors (Lipinski definition) is 1. The van der Waals surface area contributed by atoms with Crippen LogP contribution in [0.5, 0.6) is 11.5 Å². The monoisotopic (exact) mass is 436 g/mol. The number of hydrogen-bond acceptors (Lipinski definition) is 7. The molecule has 0 radical (unpaired) electrons. The van der Waals surface area contributed by atoms with Gasteiger partial charge in [0.2, 0.25) is 0 Å². The van der Waals surface area contributed by atoms with Crippen LogP contribution in [0.4, 0.5) is 5.69 Å². The number of non-ortho nitro benzene ring substituents is 1. The van der Waals surface area contributed by atoms with E-state index in [1.807, 2.05) is 0 Å². The molecule has 2 aromatic rings. The molecule has 3 rings (SSSR count). The Morgan fingerprint density at radius 1 is 1.18 bits per heavy atom. The molecule has 0 saturated carbocycles. The Morgan fingerprint density at radius 2 is 1.89 bits per heavy atom. The van der Waals surface area contributed by atoms with Crippen LogP contribution in [0.15, 0.2) is 47.4 Å². The molecular formula is C18H13ClN2O5S2. The number of thiocarbonyl (C=S) groups is 1. The van der Waals surface area contributed by atoms with Gasteiger partial charge in [0.25, 0.3) is 11.6 Å². The fourth-order valence-corrected chi connectivity index (χ4v) is 3.55. The van der Waals surface area contributed by atoms with Crippen molar-refractivity contribution in [2.75, 3.05) is 13.2 Å². The Hall–Kier alpha value is -2.62. The van der Waals surface area contributed by atoms with E-state index in [-0.39, 0.29) is 24.8 Å². The number of nitrogens with zero attached hydrogens (tertiary/aromatic N) is 1. The van der Waals surface area contributed by atoms with E-state index in [0.717, 1.165) is 11.8 Å². The number of carbonyl (C=O) groups is 1. The zero-order valence-electron chi connectivity index (χ0n) is 14.2. The van der Waals surface area contributed by atoms with Crippen molar-refractivity contribution in [2.24, 2.45) is 0 Å². The predicted molar refractivity (Wildman–Crippen MR) is 112 cm³/mol. The van der Waals surface area contributed by atoms with Gasteiger partial charge in [0.15, 0.2) is 0 Å². The fourth-order valence-electron chi connectivity index (χ4n) is 2.32. The standard InChI is InChI=1S/C18H13ClN2O5S2/c19-13-3-1-2-4-15(13)26-8-7-25-14-6-5-12(21(23)24)9-11(14)10-16-17(22)20-18(27)28-16/h1-6,9-10H,7-8H2,(H,20,22,27). The summed E-state index contributed by atoms with van der Waals surface area (Å²) in [5, 5.41) is 14.1. The molecule has 10 heteroatoms. The van der Waals surface area contributed by atoms with Crippen molar-refractivity contribution in [1.29, 1.82) is 0 Å². The van der Waals surface area contributed by atoms with Gasteiger partial charge in [0, 0.05) is 17.7 Å². The third-order valence-electron chi connectivity index (χ3n) is 3.57. The largest absolute Gasteiger partial charge is 0.489 e. The lowest BCUT2D eigenvalue weighted by Crippen LogP contribution is -2.17. The number of rotatable bonds is 7. The number of benzene rings is 2. The molecule has 1 aliphatic heterocycles. The molecule has 0 aliphatic carbocycles. The molecule has 0 aromatic heterocycles. The Labute approximate surface area is 174 Å². The van der Waals surface area contributed by atoms with E-state index in [2.05, 4.69) is 5.32 Å². The molecule has 1 saturated heterocycles. The normalized spacial score (nSPS) is 14.8. The van der Waals surface area contributed by atoms with Crippen molar-refractivity contribution in [1.82, 2.24) is 5.32 Å².